The summed E-state index contributed by atoms with van der Waals surface area (Å²) in [6, 6.07) is 0.397. The number of hydrogen-bond donors (Lipinski definition) is 0. The number of amides is 1. The third-order valence-electron chi connectivity index (χ3n) is 3.55. The lowest BCUT2D eigenvalue weighted by Gasteiger charge is -2.33. The van der Waals surface area contributed by atoms with Crippen LogP contribution >= 0.6 is 0 Å². The molecule has 0 saturated carbocycles. The summed E-state index contributed by atoms with van der Waals surface area (Å²) in [7, 11) is 0. The SMILES string of the molecule is CCc1cnn(C2CCN(C(=O)OC(C)(C)C)CC2)c1. The van der Waals surface area contributed by atoms with Crippen molar-refractivity contribution in [3.05, 3.63) is 18.0 Å². The van der Waals surface area contributed by atoms with Gasteiger partial charge in [-0.25, -0.2) is 4.79 Å². The van der Waals surface area contributed by atoms with Gasteiger partial charge in [-0.2, -0.15) is 5.10 Å². The highest BCUT2D eigenvalue weighted by Crippen LogP contribution is 2.23. The maximum atomic E-state index is 12.0. The van der Waals surface area contributed by atoms with E-state index in [1.54, 1.807) is 4.90 Å². The van der Waals surface area contributed by atoms with Gasteiger partial charge in [0.15, 0.2) is 0 Å². The van der Waals surface area contributed by atoms with E-state index in [0.29, 0.717) is 6.04 Å². The Bertz CT molecular complexity index is 454. The molecule has 0 unspecified atom stereocenters. The smallest absolute Gasteiger partial charge is 0.410 e. The van der Waals surface area contributed by atoms with Crippen molar-refractivity contribution in [2.75, 3.05) is 13.1 Å². The molecule has 2 heterocycles. The molecule has 0 N–H and O–H groups in total. The zero-order valence-electron chi connectivity index (χ0n) is 12.9. The van der Waals surface area contributed by atoms with Gasteiger partial charge in [0, 0.05) is 19.3 Å². The van der Waals surface area contributed by atoms with Gasteiger partial charge in [0.1, 0.15) is 5.60 Å². The molecule has 1 saturated heterocycles. The number of ether oxygens (including phenoxy) is 1. The summed E-state index contributed by atoms with van der Waals surface area (Å²) < 4.78 is 7.45. The molecule has 1 aliphatic rings. The van der Waals surface area contributed by atoms with E-state index < -0.39 is 5.60 Å². The summed E-state index contributed by atoms with van der Waals surface area (Å²) >= 11 is 0. The normalized spacial score (nSPS) is 17.3. The Morgan fingerprint density at radius 3 is 2.55 bits per heavy atom. The molecule has 1 amide bonds. The second-order valence-electron chi connectivity index (χ2n) is 6.38. The molecule has 0 radical (unpaired) electrons. The Labute approximate surface area is 120 Å². The predicted octanol–water partition coefficient (Wildman–Crippen LogP) is 3.02. The minimum atomic E-state index is -0.425. The molecule has 1 fully saturated rings. The number of rotatable bonds is 2. The maximum absolute atomic E-state index is 12.0. The van der Waals surface area contributed by atoms with Crippen LogP contribution in [0.15, 0.2) is 12.4 Å². The molecule has 5 heteroatoms. The molecule has 1 aromatic heterocycles. The van der Waals surface area contributed by atoms with Crippen molar-refractivity contribution >= 4 is 6.09 Å². The molecular weight excluding hydrogens is 254 g/mol. The minimum Gasteiger partial charge on any atom is -0.444 e. The molecule has 1 aliphatic heterocycles. The number of carbonyl (C=O) groups is 1. The van der Waals surface area contributed by atoms with Gasteiger partial charge in [0.25, 0.3) is 0 Å². The van der Waals surface area contributed by atoms with Crippen LogP contribution in [0.4, 0.5) is 4.79 Å². The molecule has 1 aromatic rings. The Kier molecular flexibility index (Phi) is 4.35. The summed E-state index contributed by atoms with van der Waals surface area (Å²) in [5.74, 6) is 0. The fourth-order valence-electron chi connectivity index (χ4n) is 2.40. The Hall–Kier alpha value is -1.52. The van der Waals surface area contributed by atoms with Gasteiger partial charge >= 0.3 is 6.09 Å². The Balaban J connectivity index is 1.87. The molecule has 0 bridgehead atoms. The highest BCUT2D eigenvalue weighted by molar-refractivity contribution is 5.68. The first-order valence-corrected chi connectivity index (χ1v) is 7.40. The largest absolute Gasteiger partial charge is 0.444 e. The average molecular weight is 279 g/mol. The molecule has 2 rings (SSSR count). The quantitative estimate of drug-likeness (QED) is 0.836. The molecule has 0 aliphatic carbocycles. The fourth-order valence-corrected chi connectivity index (χ4v) is 2.40. The van der Waals surface area contributed by atoms with Crippen molar-refractivity contribution in [3.8, 4) is 0 Å². The number of aryl methyl sites for hydroxylation is 1. The highest BCUT2D eigenvalue weighted by Gasteiger charge is 2.27. The van der Waals surface area contributed by atoms with E-state index in [4.69, 9.17) is 4.74 Å². The highest BCUT2D eigenvalue weighted by atomic mass is 16.6. The first-order valence-electron chi connectivity index (χ1n) is 7.40. The van der Waals surface area contributed by atoms with Gasteiger partial charge in [0.05, 0.1) is 12.2 Å². The summed E-state index contributed by atoms with van der Waals surface area (Å²) in [5, 5.41) is 4.42. The summed E-state index contributed by atoms with van der Waals surface area (Å²) in [6.45, 7) is 9.29. The topological polar surface area (TPSA) is 47.4 Å². The minimum absolute atomic E-state index is 0.203. The predicted molar refractivity (Wildman–Crippen MR) is 77.7 cm³/mol. The monoisotopic (exact) mass is 279 g/mol. The number of likely N-dealkylation sites (tertiary alicyclic amines) is 1. The van der Waals surface area contributed by atoms with E-state index in [1.165, 1.54) is 5.56 Å². The number of nitrogens with zero attached hydrogens (tertiary/aromatic N) is 3. The second kappa shape index (κ2) is 5.85. The summed E-state index contributed by atoms with van der Waals surface area (Å²) in [5.41, 5.74) is 0.839. The fraction of sp³-hybridized carbons (Fsp3) is 0.733. The molecular formula is C15H25N3O2. The van der Waals surface area contributed by atoms with Gasteiger partial charge in [-0.05, 0) is 45.6 Å². The maximum Gasteiger partial charge on any atom is 0.410 e. The van der Waals surface area contributed by atoms with Crippen LogP contribution < -0.4 is 0 Å². The summed E-state index contributed by atoms with van der Waals surface area (Å²) in [6.07, 6.45) is 6.73. The second-order valence-corrected chi connectivity index (χ2v) is 6.38. The number of carbonyl (C=O) groups excluding carboxylic acids is 1. The van der Waals surface area contributed by atoms with Crippen LogP contribution in [0.1, 0.15) is 52.1 Å². The molecule has 0 atom stereocenters. The van der Waals surface area contributed by atoms with E-state index in [1.807, 2.05) is 31.6 Å². The van der Waals surface area contributed by atoms with Crippen molar-refractivity contribution in [3.63, 3.8) is 0 Å². The Morgan fingerprint density at radius 2 is 2.05 bits per heavy atom. The first kappa shape index (κ1) is 14.9. The van der Waals surface area contributed by atoms with E-state index >= 15 is 0 Å². The van der Waals surface area contributed by atoms with E-state index in [0.717, 1.165) is 32.4 Å². The van der Waals surface area contributed by atoms with Crippen LogP contribution in [0, 0.1) is 0 Å². The van der Waals surface area contributed by atoms with Gasteiger partial charge in [-0.1, -0.05) is 6.92 Å². The standard InChI is InChI=1S/C15H25N3O2/c1-5-12-10-16-18(11-12)13-6-8-17(9-7-13)14(19)20-15(2,3)4/h10-11,13H,5-9H2,1-4H3. The molecule has 20 heavy (non-hydrogen) atoms. The van der Waals surface area contributed by atoms with Crippen molar-refractivity contribution in [1.29, 1.82) is 0 Å². The van der Waals surface area contributed by atoms with Crippen molar-refractivity contribution in [2.24, 2.45) is 0 Å². The zero-order chi connectivity index (χ0) is 14.8. The van der Waals surface area contributed by atoms with Crippen LogP contribution in [0.3, 0.4) is 0 Å². The van der Waals surface area contributed by atoms with Gasteiger partial charge in [-0.3, -0.25) is 4.68 Å². The number of piperidine rings is 1. The van der Waals surface area contributed by atoms with Gasteiger partial charge in [0.2, 0.25) is 0 Å². The first-order chi connectivity index (χ1) is 9.39. The van der Waals surface area contributed by atoms with Crippen LogP contribution in [0.5, 0.6) is 0 Å². The zero-order valence-corrected chi connectivity index (χ0v) is 12.9. The molecule has 0 spiro atoms. The lowest BCUT2D eigenvalue weighted by atomic mass is 10.1. The lowest BCUT2D eigenvalue weighted by Crippen LogP contribution is -2.42. The van der Waals surface area contributed by atoms with Crippen molar-refractivity contribution in [2.45, 2.75) is 58.6 Å². The molecule has 112 valence electrons. The van der Waals surface area contributed by atoms with E-state index in [-0.39, 0.29) is 6.09 Å². The van der Waals surface area contributed by atoms with Crippen LogP contribution in [-0.2, 0) is 11.2 Å². The third-order valence-corrected chi connectivity index (χ3v) is 3.55. The Morgan fingerprint density at radius 1 is 1.40 bits per heavy atom. The lowest BCUT2D eigenvalue weighted by molar-refractivity contribution is 0.0185. The van der Waals surface area contributed by atoms with E-state index in [9.17, 15) is 4.79 Å². The average Bonchev–Trinajstić information content (AvgIpc) is 2.85. The number of hydrogen-bond acceptors (Lipinski definition) is 3. The van der Waals surface area contributed by atoms with E-state index in [2.05, 4.69) is 18.2 Å². The molecule has 5 nitrogen and oxygen atoms in total. The van der Waals surface area contributed by atoms with Crippen molar-refractivity contribution < 1.29 is 9.53 Å². The van der Waals surface area contributed by atoms with Crippen LogP contribution in [-0.4, -0.2) is 39.5 Å². The summed E-state index contributed by atoms with van der Waals surface area (Å²) in [4.78, 5) is 13.8. The van der Waals surface area contributed by atoms with Gasteiger partial charge in [-0.15, -0.1) is 0 Å². The van der Waals surface area contributed by atoms with Crippen LogP contribution in [0.2, 0.25) is 0 Å². The molecule has 0 aromatic carbocycles. The third kappa shape index (κ3) is 3.74. The van der Waals surface area contributed by atoms with Gasteiger partial charge < -0.3 is 9.64 Å². The van der Waals surface area contributed by atoms with Crippen molar-refractivity contribution in [1.82, 2.24) is 14.7 Å². The van der Waals surface area contributed by atoms with Crippen LogP contribution in [0.25, 0.3) is 0 Å². The number of aromatic nitrogens is 2.